The number of nitrogens with one attached hydrogen (secondary N) is 1. The van der Waals surface area contributed by atoms with Gasteiger partial charge < -0.3 is 10.2 Å². The van der Waals surface area contributed by atoms with Crippen LogP contribution >= 0.6 is 12.1 Å². The first-order chi connectivity index (χ1) is 12.8. The van der Waals surface area contributed by atoms with E-state index < -0.39 is 0 Å². The molecule has 1 aliphatic carbocycles. The van der Waals surface area contributed by atoms with E-state index >= 15 is 0 Å². The second-order valence-corrected chi connectivity index (χ2v) is 7.79. The highest BCUT2D eigenvalue weighted by Gasteiger charge is 2.21. The smallest absolute Gasteiger partial charge is 0.223 e. The lowest BCUT2D eigenvalue weighted by Gasteiger charge is -2.35. The molecule has 1 saturated heterocycles. The molecule has 7 heteroatoms. The average molecular weight is 381 g/mol. The number of hydrogen-bond acceptors (Lipinski definition) is 5. The van der Waals surface area contributed by atoms with Crippen LogP contribution in [-0.2, 0) is 4.79 Å². The lowest BCUT2D eigenvalue weighted by atomic mass is 9.89. The van der Waals surface area contributed by atoms with Crippen LogP contribution in [0.5, 0.6) is 0 Å². The van der Waals surface area contributed by atoms with Crippen LogP contribution in [0.3, 0.4) is 0 Å². The second-order valence-electron chi connectivity index (χ2n) is 7.22. The van der Waals surface area contributed by atoms with Gasteiger partial charge in [-0.15, -0.1) is 0 Å². The molecule has 2 fully saturated rings. The van der Waals surface area contributed by atoms with Crippen molar-refractivity contribution < 1.29 is 8.68 Å². The fourth-order valence-electron chi connectivity index (χ4n) is 3.85. The van der Waals surface area contributed by atoms with Crippen LogP contribution in [0.1, 0.15) is 38.5 Å². The Balaban J connectivity index is 1.32. The number of hydrogen-bond donors (Lipinski definition) is 1. The van der Waals surface area contributed by atoms with Crippen molar-refractivity contribution in [2.75, 3.05) is 44.2 Å². The van der Waals surface area contributed by atoms with Crippen molar-refractivity contribution in [2.24, 2.45) is 5.92 Å². The number of pyridine rings is 1. The van der Waals surface area contributed by atoms with Crippen molar-refractivity contribution in [1.29, 1.82) is 0 Å². The topological polar surface area (TPSA) is 48.5 Å². The number of aromatic nitrogens is 1. The molecule has 1 N–H and O–H groups in total. The normalized spacial score (nSPS) is 19.5. The quantitative estimate of drug-likeness (QED) is 0.736. The van der Waals surface area contributed by atoms with E-state index in [0.717, 1.165) is 64.3 Å². The fraction of sp³-hybridized carbons (Fsp3) is 0.684. The van der Waals surface area contributed by atoms with Crippen LogP contribution in [0.25, 0.3) is 0 Å². The molecular formula is C19H29FN4OS. The van der Waals surface area contributed by atoms with Gasteiger partial charge in [-0.1, -0.05) is 25.3 Å². The van der Waals surface area contributed by atoms with Crippen LogP contribution in [0.2, 0.25) is 0 Å². The third-order valence-corrected chi connectivity index (χ3v) is 5.80. The molecule has 0 aromatic carbocycles. The molecule has 26 heavy (non-hydrogen) atoms. The van der Waals surface area contributed by atoms with Gasteiger partial charge in [0.05, 0.1) is 0 Å². The molecule has 0 atom stereocenters. The Morgan fingerprint density at radius 1 is 1.19 bits per heavy atom. The molecule has 2 heterocycles. The summed E-state index contributed by atoms with van der Waals surface area (Å²) in [6, 6.07) is 5.48. The molecule has 1 aromatic rings. The van der Waals surface area contributed by atoms with Crippen molar-refractivity contribution in [3.63, 3.8) is 0 Å². The molecule has 0 radical (unpaired) electrons. The van der Waals surface area contributed by atoms with Crippen LogP contribution in [0, 0.1) is 5.92 Å². The Morgan fingerprint density at radius 3 is 2.69 bits per heavy atom. The van der Waals surface area contributed by atoms with E-state index in [2.05, 4.69) is 20.1 Å². The van der Waals surface area contributed by atoms with E-state index in [-0.39, 0.29) is 24.0 Å². The van der Waals surface area contributed by atoms with E-state index in [0.29, 0.717) is 5.03 Å². The average Bonchev–Trinajstić information content (AvgIpc) is 2.72. The predicted octanol–water partition coefficient (Wildman–Crippen LogP) is 3.27. The van der Waals surface area contributed by atoms with Gasteiger partial charge in [0.2, 0.25) is 5.91 Å². The number of carbonyl (C=O) groups is 1. The molecule has 1 saturated carbocycles. The van der Waals surface area contributed by atoms with Gasteiger partial charge in [0.1, 0.15) is 23.0 Å². The molecule has 1 aromatic heterocycles. The van der Waals surface area contributed by atoms with Gasteiger partial charge in [-0.2, -0.15) is 3.89 Å². The third kappa shape index (κ3) is 5.58. The van der Waals surface area contributed by atoms with Gasteiger partial charge in [0.25, 0.3) is 0 Å². The highest BCUT2D eigenvalue weighted by molar-refractivity contribution is 7.94. The van der Waals surface area contributed by atoms with Crippen LogP contribution in [-0.4, -0.2) is 55.1 Å². The molecule has 2 aliphatic rings. The summed E-state index contributed by atoms with van der Waals surface area (Å²) in [6.45, 7) is 5.54. The number of anilines is 1. The van der Waals surface area contributed by atoms with Crippen molar-refractivity contribution in [2.45, 2.75) is 43.6 Å². The van der Waals surface area contributed by atoms with E-state index in [1.807, 2.05) is 12.1 Å². The van der Waals surface area contributed by atoms with E-state index in [1.54, 1.807) is 6.07 Å². The molecule has 1 aliphatic heterocycles. The number of nitrogens with zero attached hydrogens (tertiary/aromatic N) is 3. The van der Waals surface area contributed by atoms with Crippen molar-refractivity contribution in [3.8, 4) is 0 Å². The van der Waals surface area contributed by atoms with Gasteiger partial charge in [-0.3, -0.25) is 9.69 Å². The number of amides is 1. The lowest BCUT2D eigenvalue weighted by Crippen LogP contribution is -2.47. The number of piperazine rings is 1. The Morgan fingerprint density at radius 2 is 1.96 bits per heavy atom. The van der Waals surface area contributed by atoms with Gasteiger partial charge in [0.15, 0.2) is 0 Å². The predicted molar refractivity (Wildman–Crippen MR) is 104 cm³/mol. The van der Waals surface area contributed by atoms with E-state index in [4.69, 9.17) is 0 Å². The molecule has 1 amide bonds. The second kappa shape index (κ2) is 10.1. The summed E-state index contributed by atoms with van der Waals surface area (Å²) in [4.78, 5) is 21.1. The lowest BCUT2D eigenvalue weighted by molar-refractivity contribution is -0.125. The zero-order valence-corrected chi connectivity index (χ0v) is 16.1. The van der Waals surface area contributed by atoms with Crippen LogP contribution in [0.4, 0.5) is 9.70 Å². The summed E-state index contributed by atoms with van der Waals surface area (Å²) in [5.41, 5.74) is 0. The number of rotatable bonds is 7. The Kier molecular flexibility index (Phi) is 7.55. The first-order valence-electron chi connectivity index (χ1n) is 9.77. The number of carbonyl (C=O) groups excluding carboxylic acids is 1. The van der Waals surface area contributed by atoms with Crippen LogP contribution in [0.15, 0.2) is 23.2 Å². The highest BCUT2D eigenvalue weighted by atomic mass is 32.2. The molecule has 0 spiro atoms. The molecule has 0 unspecified atom stereocenters. The number of halogens is 1. The largest absolute Gasteiger partial charge is 0.356 e. The fourth-order valence-corrected chi connectivity index (χ4v) is 4.10. The maximum atomic E-state index is 12.7. The van der Waals surface area contributed by atoms with Gasteiger partial charge >= 0.3 is 0 Å². The van der Waals surface area contributed by atoms with E-state index in [1.165, 1.54) is 19.3 Å². The molecule has 144 valence electrons. The SMILES string of the molecule is O=C(NCCCN1CCN(c2cccc(SF)n2)CC1)C1CCCCC1. The van der Waals surface area contributed by atoms with Gasteiger partial charge in [-0.05, 0) is 37.9 Å². The molecular weight excluding hydrogens is 351 g/mol. The Hall–Kier alpha value is -1.34. The summed E-state index contributed by atoms with van der Waals surface area (Å²) < 4.78 is 12.7. The summed E-state index contributed by atoms with van der Waals surface area (Å²) in [5.74, 6) is 1.36. The maximum absolute atomic E-state index is 12.7. The summed E-state index contributed by atoms with van der Waals surface area (Å²) in [6.07, 6.45) is 6.79. The molecule has 3 rings (SSSR count). The molecule has 5 nitrogen and oxygen atoms in total. The van der Waals surface area contributed by atoms with Crippen molar-refractivity contribution >= 4 is 23.9 Å². The molecule has 0 bridgehead atoms. The van der Waals surface area contributed by atoms with Gasteiger partial charge in [-0.25, -0.2) is 4.98 Å². The first kappa shape index (κ1) is 19.4. The summed E-state index contributed by atoms with van der Waals surface area (Å²) in [7, 11) is 0. The summed E-state index contributed by atoms with van der Waals surface area (Å²) >= 11 is 0.191. The summed E-state index contributed by atoms with van der Waals surface area (Å²) in [5, 5.41) is 3.53. The Labute approximate surface area is 160 Å². The monoisotopic (exact) mass is 380 g/mol. The maximum Gasteiger partial charge on any atom is 0.223 e. The van der Waals surface area contributed by atoms with Gasteiger partial charge in [0, 0.05) is 38.6 Å². The van der Waals surface area contributed by atoms with Crippen molar-refractivity contribution in [1.82, 2.24) is 15.2 Å². The minimum atomic E-state index is 0.191. The minimum absolute atomic E-state index is 0.191. The first-order valence-corrected chi connectivity index (χ1v) is 10.5. The highest BCUT2D eigenvalue weighted by Crippen LogP contribution is 2.23. The van der Waals surface area contributed by atoms with Crippen molar-refractivity contribution in [3.05, 3.63) is 18.2 Å². The zero-order chi connectivity index (χ0) is 18.2. The zero-order valence-electron chi connectivity index (χ0n) is 15.3. The minimum Gasteiger partial charge on any atom is -0.356 e. The third-order valence-electron chi connectivity index (χ3n) is 5.41. The standard InChI is InChI=1S/C19H29FN4OS/c20-26-18-9-4-8-17(22-18)24-14-12-23(13-15-24)11-5-10-21-19(25)16-6-2-1-3-7-16/h4,8-9,16H,1-3,5-7,10-15H2,(H,21,25). The van der Waals surface area contributed by atoms with Crippen LogP contribution < -0.4 is 10.2 Å². The Bertz CT molecular complexity index is 574. The van der Waals surface area contributed by atoms with E-state index in [9.17, 15) is 8.68 Å².